The molecule has 48 heavy (non-hydrogen) atoms. The molecular formula is C37H42BrN3O6S. The van der Waals surface area contributed by atoms with Gasteiger partial charge in [-0.1, -0.05) is 89.4 Å². The van der Waals surface area contributed by atoms with Crippen molar-refractivity contribution in [3.05, 3.63) is 118 Å². The predicted molar refractivity (Wildman–Crippen MR) is 192 cm³/mol. The Bertz CT molecular complexity index is 1770. The number of carbonyl (C=O) groups is 2. The first-order valence-electron chi connectivity index (χ1n) is 15.7. The fourth-order valence-corrected chi connectivity index (χ4v) is 6.86. The number of methoxy groups -OCH3 is 2. The van der Waals surface area contributed by atoms with Crippen molar-refractivity contribution in [3.63, 3.8) is 0 Å². The number of unbranched alkanes of at least 4 members (excludes halogenated alkanes) is 1. The smallest absolute Gasteiger partial charge is 0.264 e. The standard InChI is InChI=1S/C37H42BrN3O6S/c1-5-6-22-39-37(43)33(23-28-10-8-7-9-11-28)40(25-29-14-16-30(38)17-15-29)36(42)26-41(31-18-21-34(46-3)35(24-31)47-4)48(44,45)32-19-12-27(2)13-20-32/h7-21,24,33H,5-6,22-23,25-26H2,1-4H3,(H,39,43)/t33-/m1/s1. The van der Waals surface area contributed by atoms with Crippen LogP contribution in [0, 0.1) is 6.92 Å². The largest absolute Gasteiger partial charge is 0.493 e. The molecule has 0 unspecified atom stereocenters. The van der Waals surface area contributed by atoms with E-state index in [4.69, 9.17) is 9.47 Å². The van der Waals surface area contributed by atoms with Gasteiger partial charge in [0.15, 0.2) is 11.5 Å². The fourth-order valence-electron chi connectivity index (χ4n) is 5.19. The Morgan fingerprint density at radius 1 is 0.854 bits per heavy atom. The summed E-state index contributed by atoms with van der Waals surface area (Å²) >= 11 is 3.46. The van der Waals surface area contributed by atoms with Gasteiger partial charge in [-0.15, -0.1) is 0 Å². The van der Waals surface area contributed by atoms with E-state index in [1.54, 1.807) is 24.3 Å². The Labute approximate surface area is 292 Å². The number of nitrogens with zero attached hydrogens (tertiary/aromatic N) is 2. The lowest BCUT2D eigenvalue weighted by molar-refractivity contribution is -0.140. The molecule has 0 aliphatic rings. The van der Waals surface area contributed by atoms with Crippen molar-refractivity contribution in [2.75, 3.05) is 31.6 Å². The second-order valence-corrected chi connectivity index (χ2v) is 14.1. The van der Waals surface area contributed by atoms with Crippen LogP contribution in [-0.2, 0) is 32.6 Å². The second-order valence-electron chi connectivity index (χ2n) is 11.4. The average molecular weight is 737 g/mol. The third-order valence-electron chi connectivity index (χ3n) is 7.91. The number of halogens is 1. The van der Waals surface area contributed by atoms with Crippen LogP contribution in [-0.4, -0.2) is 58.5 Å². The zero-order chi connectivity index (χ0) is 34.7. The van der Waals surface area contributed by atoms with Crippen LogP contribution in [0.3, 0.4) is 0 Å². The molecule has 1 atom stereocenters. The molecule has 4 aromatic carbocycles. The Balaban J connectivity index is 1.82. The first-order chi connectivity index (χ1) is 23.1. The minimum absolute atomic E-state index is 0.0216. The lowest BCUT2D eigenvalue weighted by atomic mass is 10.0. The molecule has 9 nitrogen and oxygen atoms in total. The number of benzene rings is 4. The highest BCUT2D eigenvalue weighted by Gasteiger charge is 2.35. The van der Waals surface area contributed by atoms with E-state index in [1.807, 2.05) is 68.4 Å². The SMILES string of the molecule is CCCCNC(=O)[C@@H](Cc1ccccc1)N(Cc1ccc(Br)cc1)C(=O)CN(c1ccc(OC)c(OC)c1)S(=O)(=O)c1ccc(C)cc1. The van der Waals surface area contributed by atoms with Crippen LogP contribution in [0.1, 0.15) is 36.5 Å². The van der Waals surface area contributed by atoms with Gasteiger partial charge < -0.3 is 19.7 Å². The van der Waals surface area contributed by atoms with E-state index in [2.05, 4.69) is 21.2 Å². The Morgan fingerprint density at radius 2 is 1.52 bits per heavy atom. The number of sulfonamides is 1. The number of amides is 2. The third kappa shape index (κ3) is 9.38. The third-order valence-corrected chi connectivity index (χ3v) is 10.2. The van der Waals surface area contributed by atoms with Gasteiger partial charge in [-0.3, -0.25) is 13.9 Å². The molecule has 4 rings (SSSR count). The van der Waals surface area contributed by atoms with Gasteiger partial charge in [-0.2, -0.15) is 0 Å². The Kier molecular flexibility index (Phi) is 13.0. The minimum Gasteiger partial charge on any atom is -0.493 e. The number of hydrogen-bond donors (Lipinski definition) is 1. The summed E-state index contributed by atoms with van der Waals surface area (Å²) < 4.78 is 41.4. The quantitative estimate of drug-likeness (QED) is 0.131. The van der Waals surface area contributed by atoms with Gasteiger partial charge in [-0.25, -0.2) is 8.42 Å². The zero-order valence-electron chi connectivity index (χ0n) is 27.7. The molecule has 0 radical (unpaired) electrons. The molecule has 0 aromatic heterocycles. The summed E-state index contributed by atoms with van der Waals surface area (Å²) in [5, 5.41) is 3.01. The summed E-state index contributed by atoms with van der Waals surface area (Å²) in [6.07, 6.45) is 1.91. The van der Waals surface area contributed by atoms with Crippen LogP contribution in [0.25, 0.3) is 0 Å². The van der Waals surface area contributed by atoms with Crippen molar-refractivity contribution in [1.29, 1.82) is 0 Å². The molecule has 254 valence electrons. The van der Waals surface area contributed by atoms with Crippen LogP contribution in [0.4, 0.5) is 5.69 Å². The van der Waals surface area contributed by atoms with Crippen LogP contribution in [0.15, 0.2) is 106 Å². The molecular weight excluding hydrogens is 694 g/mol. The van der Waals surface area contributed by atoms with E-state index in [0.717, 1.165) is 38.3 Å². The summed E-state index contributed by atoms with van der Waals surface area (Å²) in [4.78, 5) is 30.1. The summed E-state index contributed by atoms with van der Waals surface area (Å²) in [5.74, 6) is -0.147. The van der Waals surface area contributed by atoms with Crippen LogP contribution in [0.2, 0.25) is 0 Å². The number of rotatable bonds is 16. The summed E-state index contributed by atoms with van der Waals surface area (Å²) in [5.41, 5.74) is 2.74. The van der Waals surface area contributed by atoms with Crippen molar-refractivity contribution < 1.29 is 27.5 Å². The molecule has 0 saturated carbocycles. The maximum absolute atomic E-state index is 14.6. The molecule has 4 aromatic rings. The monoisotopic (exact) mass is 735 g/mol. The van der Waals surface area contributed by atoms with Gasteiger partial charge in [0, 0.05) is 30.0 Å². The Morgan fingerprint density at radius 3 is 2.15 bits per heavy atom. The average Bonchev–Trinajstić information content (AvgIpc) is 3.09. The van der Waals surface area contributed by atoms with Gasteiger partial charge in [0.25, 0.3) is 10.0 Å². The fraction of sp³-hybridized carbons (Fsp3) is 0.297. The minimum atomic E-state index is -4.26. The molecule has 2 amide bonds. The molecule has 11 heteroatoms. The van der Waals surface area contributed by atoms with Gasteiger partial charge in [-0.05, 0) is 60.9 Å². The molecule has 0 heterocycles. The van der Waals surface area contributed by atoms with Crippen LogP contribution < -0.4 is 19.1 Å². The number of carbonyl (C=O) groups excluding carboxylic acids is 2. The van der Waals surface area contributed by atoms with E-state index >= 15 is 0 Å². The highest BCUT2D eigenvalue weighted by molar-refractivity contribution is 9.10. The molecule has 0 fully saturated rings. The van der Waals surface area contributed by atoms with Crippen LogP contribution >= 0.6 is 15.9 Å². The van der Waals surface area contributed by atoms with Gasteiger partial charge in [0.05, 0.1) is 24.8 Å². The van der Waals surface area contributed by atoms with Gasteiger partial charge in [0.2, 0.25) is 11.8 Å². The van der Waals surface area contributed by atoms with Crippen LogP contribution in [0.5, 0.6) is 11.5 Å². The maximum Gasteiger partial charge on any atom is 0.264 e. The maximum atomic E-state index is 14.6. The van der Waals surface area contributed by atoms with Crippen molar-refractivity contribution in [3.8, 4) is 11.5 Å². The number of nitrogens with one attached hydrogen (secondary N) is 1. The molecule has 0 spiro atoms. The number of hydrogen-bond acceptors (Lipinski definition) is 6. The predicted octanol–water partition coefficient (Wildman–Crippen LogP) is 6.53. The highest BCUT2D eigenvalue weighted by Crippen LogP contribution is 2.34. The van der Waals surface area contributed by atoms with Crippen molar-refractivity contribution in [2.45, 2.75) is 50.6 Å². The van der Waals surface area contributed by atoms with E-state index in [1.165, 1.54) is 37.3 Å². The first kappa shape index (κ1) is 36.5. The van der Waals surface area contributed by atoms with Crippen molar-refractivity contribution in [2.24, 2.45) is 0 Å². The van der Waals surface area contributed by atoms with Crippen molar-refractivity contribution in [1.82, 2.24) is 10.2 Å². The van der Waals surface area contributed by atoms with Gasteiger partial charge in [0.1, 0.15) is 12.6 Å². The number of anilines is 1. The van der Waals surface area contributed by atoms with E-state index in [0.29, 0.717) is 18.0 Å². The van der Waals surface area contributed by atoms with E-state index < -0.39 is 28.5 Å². The topological polar surface area (TPSA) is 105 Å². The lowest BCUT2D eigenvalue weighted by Crippen LogP contribution is -2.53. The summed E-state index contributed by atoms with van der Waals surface area (Å²) in [7, 11) is -1.32. The van der Waals surface area contributed by atoms with Crippen molar-refractivity contribution >= 4 is 43.5 Å². The molecule has 0 saturated heterocycles. The zero-order valence-corrected chi connectivity index (χ0v) is 30.1. The highest BCUT2D eigenvalue weighted by atomic mass is 79.9. The van der Waals surface area contributed by atoms with E-state index in [9.17, 15) is 18.0 Å². The van der Waals surface area contributed by atoms with E-state index in [-0.39, 0.29) is 29.5 Å². The first-order valence-corrected chi connectivity index (χ1v) is 18.0. The number of aryl methyl sites for hydroxylation is 1. The molecule has 0 bridgehead atoms. The summed E-state index contributed by atoms with van der Waals surface area (Å²) in [6, 6.07) is 27.2. The molecule has 0 aliphatic heterocycles. The lowest BCUT2D eigenvalue weighted by Gasteiger charge is -2.34. The molecule has 1 N–H and O–H groups in total. The number of ether oxygens (including phenoxy) is 2. The Hall–Kier alpha value is -4.35. The summed E-state index contributed by atoms with van der Waals surface area (Å²) in [6.45, 7) is 3.87. The molecule has 0 aliphatic carbocycles. The van der Waals surface area contributed by atoms with Gasteiger partial charge >= 0.3 is 0 Å². The normalized spacial score (nSPS) is 11.8. The second kappa shape index (κ2) is 17.2.